The van der Waals surface area contributed by atoms with Crippen molar-refractivity contribution < 1.29 is 14.3 Å². The molecule has 1 saturated carbocycles. The predicted octanol–water partition coefficient (Wildman–Crippen LogP) is 3.67. The van der Waals surface area contributed by atoms with E-state index < -0.39 is 5.97 Å². The third-order valence-corrected chi connectivity index (χ3v) is 4.13. The molecule has 5 nitrogen and oxygen atoms in total. The van der Waals surface area contributed by atoms with Gasteiger partial charge in [0, 0.05) is 12.5 Å². The summed E-state index contributed by atoms with van der Waals surface area (Å²) in [6, 6.07) is 5.21. The fourth-order valence-electron chi connectivity index (χ4n) is 2.78. The number of methoxy groups -OCH3 is 1. The average Bonchev–Trinajstić information content (AvgIpc) is 3.07. The molecule has 0 aromatic heterocycles. The molecular weight excluding hydrogens is 292 g/mol. The van der Waals surface area contributed by atoms with E-state index in [-0.39, 0.29) is 11.8 Å². The Labute approximate surface area is 137 Å². The molecule has 0 unspecified atom stereocenters. The summed E-state index contributed by atoms with van der Waals surface area (Å²) in [5, 5.41) is 6.31. The Morgan fingerprint density at radius 2 is 1.91 bits per heavy atom. The van der Waals surface area contributed by atoms with Gasteiger partial charge in [0.1, 0.15) is 0 Å². The fraction of sp³-hybridized carbons (Fsp3) is 0.556. The Morgan fingerprint density at radius 3 is 2.52 bits per heavy atom. The number of hydrogen-bond acceptors (Lipinski definition) is 4. The van der Waals surface area contributed by atoms with E-state index in [1.165, 1.54) is 7.11 Å². The quantitative estimate of drug-likeness (QED) is 0.785. The molecule has 0 bridgehead atoms. The molecule has 2 N–H and O–H groups in total. The maximum absolute atomic E-state index is 12.4. The van der Waals surface area contributed by atoms with E-state index >= 15 is 0 Å². The van der Waals surface area contributed by atoms with Crippen molar-refractivity contribution in [1.82, 2.24) is 0 Å². The van der Waals surface area contributed by atoms with Crippen LogP contribution in [0.2, 0.25) is 0 Å². The monoisotopic (exact) mass is 318 g/mol. The average molecular weight is 318 g/mol. The number of amides is 1. The summed E-state index contributed by atoms with van der Waals surface area (Å²) in [5.41, 5.74) is 1.91. The summed E-state index contributed by atoms with van der Waals surface area (Å²) in [6.45, 7) is 5.03. The number of benzene rings is 1. The molecule has 0 saturated heterocycles. The van der Waals surface area contributed by atoms with Crippen molar-refractivity contribution in [3.05, 3.63) is 23.8 Å². The zero-order valence-corrected chi connectivity index (χ0v) is 14.1. The van der Waals surface area contributed by atoms with Crippen LogP contribution < -0.4 is 10.6 Å². The van der Waals surface area contributed by atoms with Gasteiger partial charge in [0.25, 0.3) is 0 Å². The molecular formula is C18H26N2O3. The predicted molar refractivity (Wildman–Crippen MR) is 91.7 cm³/mol. The van der Waals surface area contributed by atoms with Gasteiger partial charge in [-0.15, -0.1) is 0 Å². The zero-order valence-electron chi connectivity index (χ0n) is 14.1. The molecule has 5 heteroatoms. The summed E-state index contributed by atoms with van der Waals surface area (Å²) < 4.78 is 4.76. The van der Waals surface area contributed by atoms with Gasteiger partial charge in [-0.2, -0.15) is 0 Å². The van der Waals surface area contributed by atoms with Gasteiger partial charge in [-0.1, -0.05) is 26.7 Å². The molecule has 1 fully saturated rings. The number of hydrogen-bond donors (Lipinski definition) is 2. The second-order valence-corrected chi connectivity index (χ2v) is 6.50. The van der Waals surface area contributed by atoms with E-state index in [9.17, 15) is 9.59 Å². The number of rotatable bonds is 6. The van der Waals surface area contributed by atoms with Gasteiger partial charge < -0.3 is 15.4 Å². The van der Waals surface area contributed by atoms with Crippen LogP contribution in [0.4, 0.5) is 11.4 Å². The minimum Gasteiger partial charge on any atom is -0.465 e. The van der Waals surface area contributed by atoms with Gasteiger partial charge in [0.2, 0.25) is 5.91 Å². The van der Waals surface area contributed by atoms with Crippen molar-refractivity contribution in [2.75, 3.05) is 24.3 Å². The van der Waals surface area contributed by atoms with Crippen molar-refractivity contribution in [1.29, 1.82) is 0 Å². The first-order chi connectivity index (χ1) is 11.0. The van der Waals surface area contributed by atoms with Crippen LogP contribution in [0.5, 0.6) is 0 Å². The summed E-state index contributed by atoms with van der Waals surface area (Å²) in [7, 11) is 1.35. The molecule has 1 aliphatic carbocycles. The van der Waals surface area contributed by atoms with E-state index in [4.69, 9.17) is 4.74 Å². The lowest BCUT2D eigenvalue weighted by molar-refractivity contribution is -0.119. The summed E-state index contributed by atoms with van der Waals surface area (Å²) in [5.74, 6) is 0.192. The number of esters is 1. The van der Waals surface area contributed by atoms with E-state index in [0.717, 1.165) is 37.9 Å². The van der Waals surface area contributed by atoms with Crippen molar-refractivity contribution in [3.63, 3.8) is 0 Å². The van der Waals surface area contributed by atoms with Crippen molar-refractivity contribution >= 4 is 23.3 Å². The smallest absolute Gasteiger partial charge is 0.337 e. The fourth-order valence-corrected chi connectivity index (χ4v) is 2.78. The van der Waals surface area contributed by atoms with E-state index in [2.05, 4.69) is 24.5 Å². The molecule has 0 atom stereocenters. The standard InChI is InChI=1S/C18H26N2O3/c1-12(2)11-19-15-9-8-14(18(22)23-3)10-16(15)20-17(21)13-6-4-5-7-13/h8-10,12-13,19H,4-7,11H2,1-3H3,(H,20,21). The lowest BCUT2D eigenvalue weighted by atomic mass is 10.1. The van der Waals surface area contributed by atoms with Crippen LogP contribution >= 0.6 is 0 Å². The maximum atomic E-state index is 12.4. The Bertz CT molecular complexity index is 563. The molecule has 1 aromatic rings. The highest BCUT2D eigenvalue weighted by Gasteiger charge is 2.23. The summed E-state index contributed by atoms with van der Waals surface area (Å²) >= 11 is 0. The Morgan fingerprint density at radius 1 is 1.22 bits per heavy atom. The van der Waals surface area contributed by atoms with E-state index in [1.807, 2.05) is 6.07 Å². The lowest BCUT2D eigenvalue weighted by Crippen LogP contribution is -2.22. The highest BCUT2D eigenvalue weighted by Crippen LogP contribution is 2.29. The normalized spacial score (nSPS) is 14.8. The van der Waals surface area contributed by atoms with Gasteiger partial charge in [0.05, 0.1) is 24.0 Å². The van der Waals surface area contributed by atoms with Crippen LogP contribution in [0.15, 0.2) is 18.2 Å². The number of carbonyl (C=O) groups excluding carboxylic acids is 2. The first kappa shape index (κ1) is 17.3. The molecule has 1 aliphatic rings. The van der Waals surface area contributed by atoms with Crippen molar-refractivity contribution in [2.24, 2.45) is 11.8 Å². The van der Waals surface area contributed by atoms with Gasteiger partial charge >= 0.3 is 5.97 Å². The molecule has 0 heterocycles. The lowest BCUT2D eigenvalue weighted by Gasteiger charge is -2.17. The Balaban J connectivity index is 2.19. The molecule has 126 valence electrons. The van der Waals surface area contributed by atoms with Crippen LogP contribution in [0.1, 0.15) is 49.9 Å². The number of ether oxygens (including phenoxy) is 1. The van der Waals surface area contributed by atoms with E-state index in [1.54, 1.807) is 12.1 Å². The minimum atomic E-state index is -0.406. The number of anilines is 2. The van der Waals surface area contributed by atoms with E-state index in [0.29, 0.717) is 17.2 Å². The minimum absolute atomic E-state index is 0.0390. The maximum Gasteiger partial charge on any atom is 0.337 e. The molecule has 0 spiro atoms. The number of carbonyl (C=O) groups is 2. The van der Waals surface area contributed by atoms with Crippen molar-refractivity contribution in [2.45, 2.75) is 39.5 Å². The van der Waals surface area contributed by atoms with Crippen LogP contribution in [0.25, 0.3) is 0 Å². The highest BCUT2D eigenvalue weighted by molar-refractivity contribution is 5.98. The Kier molecular flexibility index (Phi) is 6.02. The summed E-state index contributed by atoms with van der Waals surface area (Å²) in [6.07, 6.45) is 4.10. The molecule has 2 rings (SSSR count). The van der Waals surface area contributed by atoms with Crippen LogP contribution in [0.3, 0.4) is 0 Å². The van der Waals surface area contributed by atoms with Gasteiger partial charge in [-0.05, 0) is 37.0 Å². The first-order valence-corrected chi connectivity index (χ1v) is 8.28. The summed E-state index contributed by atoms with van der Waals surface area (Å²) in [4.78, 5) is 24.1. The number of nitrogens with one attached hydrogen (secondary N) is 2. The molecule has 0 radical (unpaired) electrons. The topological polar surface area (TPSA) is 67.4 Å². The van der Waals surface area contributed by atoms with Gasteiger partial charge in [-0.25, -0.2) is 4.79 Å². The van der Waals surface area contributed by atoms with Crippen molar-refractivity contribution in [3.8, 4) is 0 Å². The molecule has 1 aromatic carbocycles. The SMILES string of the molecule is COC(=O)c1ccc(NCC(C)C)c(NC(=O)C2CCCC2)c1. The second-order valence-electron chi connectivity index (χ2n) is 6.50. The highest BCUT2D eigenvalue weighted by atomic mass is 16.5. The third kappa shape index (κ3) is 4.71. The van der Waals surface area contributed by atoms with Gasteiger partial charge in [-0.3, -0.25) is 4.79 Å². The first-order valence-electron chi connectivity index (χ1n) is 8.28. The zero-order chi connectivity index (χ0) is 16.8. The Hall–Kier alpha value is -2.04. The second kappa shape index (κ2) is 7.99. The van der Waals surface area contributed by atoms with Crippen LogP contribution in [-0.2, 0) is 9.53 Å². The van der Waals surface area contributed by atoms with Crippen LogP contribution in [-0.4, -0.2) is 25.5 Å². The molecule has 23 heavy (non-hydrogen) atoms. The molecule has 1 amide bonds. The van der Waals surface area contributed by atoms with Crippen LogP contribution in [0, 0.1) is 11.8 Å². The van der Waals surface area contributed by atoms with Gasteiger partial charge in [0.15, 0.2) is 0 Å². The molecule has 0 aliphatic heterocycles. The largest absolute Gasteiger partial charge is 0.465 e. The third-order valence-electron chi connectivity index (χ3n) is 4.13.